The fourth-order valence-electron chi connectivity index (χ4n) is 3.38. The number of carbonyl (C=O) groups excluding carboxylic acids is 1. The lowest BCUT2D eigenvalue weighted by Crippen LogP contribution is -2.28. The molecule has 1 aliphatic heterocycles. The Morgan fingerprint density at radius 1 is 1.15 bits per heavy atom. The maximum Gasteiger partial charge on any atom is 0.266 e. The van der Waals surface area contributed by atoms with Crippen LogP contribution in [0.15, 0.2) is 46.3 Å². The number of aromatic nitrogens is 1. The first-order chi connectivity index (χ1) is 13.0. The lowest BCUT2D eigenvalue weighted by molar-refractivity contribution is -0.122. The molecule has 2 heterocycles. The Bertz CT molecular complexity index is 880. The Morgan fingerprint density at radius 2 is 1.89 bits per heavy atom. The van der Waals surface area contributed by atoms with Gasteiger partial charge in [-0.05, 0) is 69.1 Å². The lowest BCUT2D eigenvalue weighted by Gasteiger charge is -2.11. The van der Waals surface area contributed by atoms with E-state index in [0.717, 1.165) is 28.6 Å². The summed E-state index contributed by atoms with van der Waals surface area (Å²) in [5.74, 6) is 0.0591. The summed E-state index contributed by atoms with van der Waals surface area (Å²) in [6.45, 7) is 10.5. The van der Waals surface area contributed by atoms with E-state index in [-0.39, 0.29) is 5.91 Å². The molecule has 1 aromatic heterocycles. The van der Waals surface area contributed by atoms with Gasteiger partial charge in [0.1, 0.15) is 0 Å². The molecular weight excluding hydrogens is 354 g/mol. The van der Waals surface area contributed by atoms with Crippen LogP contribution in [0.2, 0.25) is 0 Å². The number of nitrogens with zero attached hydrogens (tertiary/aromatic N) is 3. The number of hydrogen-bond donors (Lipinski definition) is 0. The molecule has 1 fully saturated rings. The normalized spacial score (nSPS) is 17.5. The topological polar surface area (TPSA) is 37.6 Å². The van der Waals surface area contributed by atoms with Gasteiger partial charge in [0.15, 0.2) is 5.17 Å². The standard InChI is InChI=1S/C22H27N3OS/c1-5-23-22-24(6-2)21(26)20(27-22)15-19-14-16(3)25(17(19)4)13-12-18-10-8-7-9-11-18/h7-11,14-15H,5-6,12-13H2,1-4H3/b20-15-,23-22?. The van der Waals surface area contributed by atoms with Crippen molar-refractivity contribution in [3.05, 3.63) is 63.8 Å². The fraction of sp³-hybridized carbons (Fsp3) is 0.364. The molecule has 1 saturated heterocycles. The van der Waals surface area contributed by atoms with Crippen molar-refractivity contribution in [2.75, 3.05) is 13.1 Å². The summed E-state index contributed by atoms with van der Waals surface area (Å²) in [7, 11) is 0. The molecule has 1 amide bonds. The second kappa shape index (κ2) is 8.61. The molecule has 4 nitrogen and oxygen atoms in total. The maximum absolute atomic E-state index is 12.7. The first-order valence-electron chi connectivity index (χ1n) is 9.51. The molecule has 1 aliphatic rings. The van der Waals surface area contributed by atoms with Crippen molar-refractivity contribution in [3.8, 4) is 0 Å². The van der Waals surface area contributed by atoms with Crippen molar-refractivity contribution in [2.45, 2.75) is 40.7 Å². The van der Waals surface area contributed by atoms with Gasteiger partial charge in [-0.15, -0.1) is 0 Å². The molecule has 0 spiro atoms. The highest BCUT2D eigenvalue weighted by Crippen LogP contribution is 2.33. The van der Waals surface area contributed by atoms with Crippen LogP contribution in [0.5, 0.6) is 0 Å². The Balaban J connectivity index is 1.83. The molecule has 0 bridgehead atoms. The summed E-state index contributed by atoms with van der Waals surface area (Å²) in [5.41, 5.74) is 4.88. The number of carbonyl (C=O) groups is 1. The van der Waals surface area contributed by atoms with Gasteiger partial charge in [0.25, 0.3) is 5.91 Å². The number of hydrogen-bond acceptors (Lipinski definition) is 3. The van der Waals surface area contributed by atoms with Gasteiger partial charge in [0.2, 0.25) is 0 Å². The second-order valence-corrected chi connectivity index (χ2v) is 7.64. The Labute approximate surface area is 166 Å². The van der Waals surface area contributed by atoms with Crippen molar-refractivity contribution in [3.63, 3.8) is 0 Å². The minimum Gasteiger partial charge on any atom is -0.348 e. The number of likely N-dealkylation sites (N-methyl/N-ethyl adjacent to an activating group) is 1. The third-order valence-corrected chi connectivity index (χ3v) is 5.91. The van der Waals surface area contributed by atoms with E-state index < -0.39 is 0 Å². The van der Waals surface area contributed by atoms with E-state index in [1.165, 1.54) is 28.7 Å². The highest BCUT2D eigenvalue weighted by molar-refractivity contribution is 8.18. The quantitative estimate of drug-likeness (QED) is 0.683. The number of thioether (sulfide) groups is 1. The average Bonchev–Trinajstić information content (AvgIpc) is 3.10. The van der Waals surface area contributed by atoms with E-state index in [0.29, 0.717) is 13.1 Å². The SMILES string of the molecule is CCN=C1S/C(=C\c2cc(C)n(CCc3ccccc3)c2C)C(=O)N1CC. The fourth-order valence-corrected chi connectivity index (χ4v) is 4.48. The molecule has 5 heteroatoms. The first-order valence-corrected chi connectivity index (χ1v) is 10.3. The van der Waals surface area contributed by atoms with Crippen molar-refractivity contribution in [1.82, 2.24) is 9.47 Å². The predicted molar refractivity (Wildman–Crippen MR) is 115 cm³/mol. The van der Waals surface area contributed by atoms with E-state index in [1.807, 2.05) is 26.0 Å². The molecule has 2 aromatic rings. The molecule has 0 aliphatic carbocycles. The molecule has 3 rings (SSSR count). The number of benzene rings is 1. The van der Waals surface area contributed by atoms with Crippen molar-refractivity contribution in [1.29, 1.82) is 0 Å². The summed E-state index contributed by atoms with van der Waals surface area (Å²) in [5, 5.41) is 0.814. The van der Waals surface area contributed by atoms with Crippen LogP contribution in [0, 0.1) is 13.8 Å². The first kappa shape index (κ1) is 19.5. The van der Waals surface area contributed by atoms with Gasteiger partial charge in [-0.1, -0.05) is 30.3 Å². The van der Waals surface area contributed by atoms with Gasteiger partial charge >= 0.3 is 0 Å². The smallest absolute Gasteiger partial charge is 0.266 e. The van der Waals surface area contributed by atoms with Crippen LogP contribution in [-0.4, -0.2) is 33.6 Å². The molecule has 0 radical (unpaired) electrons. The van der Waals surface area contributed by atoms with E-state index in [9.17, 15) is 4.79 Å². The van der Waals surface area contributed by atoms with Gasteiger partial charge in [-0.3, -0.25) is 14.7 Å². The summed E-state index contributed by atoms with van der Waals surface area (Å²) < 4.78 is 2.34. The summed E-state index contributed by atoms with van der Waals surface area (Å²) >= 11 is 1.48. The molecule has 142 valence electrons. The maximum atomic E-state index is 12.7. The highest BCUT2D eigenvalue weighted by atomic mass is 32.2. The zero-order valence-corrected chi connectivity index (χ0v) is 17.3. The molecule has 0 atom stereocenters. The number of rotatable bonds is 6. The van der Waals surface area contributed by atoms with Gasteiger partial charge in [-0.2, -0.15) is 0 Å². The van der Waals surface area contributed by atoms with Crippen molar-refractivity contribution in [2.24, 2.45) is 4.99 Å². The molecule has 27 heavy (non-hydrogen) atoms. The second-order valence-electron chi connectivity index (χ2n) is 6.63. The molecule has 0 saturated carbocycles. The number of aryl methyl sites for hydroxylation is 2. The molecule has 0 N–H and O–H groups in total. The van der Waals surface area contributed by atoms with E-state index in [4.69, 9.17) is 0 Å². The third-order valence-electron chi connectivity index (χ3n) is 4.86. The lowest BCUT2D eigenvalue weighted by atomic mass is 10.1. The Kier molecular flexibility index (Phi) is 6.22. The van der Waals surface area contributed by atoms with Crippen molar-refractivity contribution >= 4 is 28.9 Å². The van der Waals surface area contributed by atoms with Gasteiger partial charge in [0, 0.05) is 31.0 Å². The minimum absolute atomic E-state index is 0.0591. The Hall–Kier alpha value is -2.27. The number of amides is 1. The molecule has 0 unspecified atom stereocenters. The van der Waals surface area contributed by atoms with E-state index in [1.54, 1.807) is 4.90 Å². The van der Waals surface area contributed by atoms with Crippen LogP contribution in [0.4, 0.5) is 0 Å². The highest BCUT2D eigenvalue weighted by Gasteiger charge is 2.32. The van der Waals surface area contributed by atoms with Crippen LogP contribution < -0.4 is 0 Å². The zero-order chi connectivity index (χ0) is 19.4. The number of aliphatic imine (C=N–C) groups is 1. The zero-order valence-electron chi connectivity index (χ0n) is 16.5. The predicted octanol–water partition coefficient (Wildman–Crippen LogP) is 4.66. The molecular formula is C22H27N3OS. The average molecular weight is 382 g/mol. The van der Waals surface area contributed by atoms with Crippen molar-refractivity contribution < 1.29 is 4.79 Å². The summed E-state index contributed by atoms with van der Waals surface area (Å²) in [4.78, 5) is 19.7. The van der Waals surface area contributed by atoms with E-state index >= 15 is 0 Å². The third kappa shape index (κ3) is 4.19. The summed E-state index contributed by atoms with van der Waals surface area (Å²) in [6.07, 6.45) is 3.02. The van der Waals surface area contributed by atoms with Gasteiger partial charge in [0.05, 0.1) is 4.91 Å². The summed E-state index contributed by atoms with van der Waals surface area (Å²) in [6, 6.07) is 12.7. The van der Waals surface area contributed by atoms with Crippen LogP contribution in [-0.2, 0) is 17.8 Å². The Morgan fingerprint density at radius 3 is 2.56 bits per heavy atom. The van der Waals surface area contributed by atoms with E-state index in [2.05, 4.69) is 53.7 Å². The monoisotopic (exact) mass is 381 g/mol. The van der Waals surface area contributed by atoms with Crippen LogP contribution in [0.25, 0.3) is 6.08 Å². The number of amidine groups is 1. The van der Waals surface area contributed by atoms with Crippen LogP contribution in [0.3, 0.4) is 0 Å². The van der Waals surface area contributed by atoms with Gasteiger partial charge < -0.3 is 4.57 Å². The van der Waals surface area contributed by atoms with Crippen LogP contribution >= 0.6 is 11.8 Å². The minimum atomic E-state index is 0.0591. The largest absolute Gasteiger partial charge is 0.348 e. The van der Waals surface area contributed by atoms with Crippen LogP contribution in [0.1, 0.15) is 36.4 Å². The molecule has 1 aromatic carbocycles. The van der Waals surface area contributed by atoms with Gasteiger partial charge in [-0.25, -0.2) is 0 Å².